The van der Waals surface area contributed by atoms with Gasteiger partial charge in [0.1, 0.15) is 11.9 Å². The Morgan fingerprint density at radius 3 is 2.78 bits per heavy atom. The third kappa shape index (κ3) is 2.46. The van der Waals surface area contributed by atoms with E-state index >= 15 is 0 Å². The van der Waals surface area contributed by atoms with Gasteiger partial charge in [0.05, 0.1) is 11.4 Å². The fraction of sp³-hybridized carbons (Fsp3) is 0. The number of benzene rings is 1. The summed E-state index contributed by atoms with van der Waals surface area (Å²) in [5, 5.41) is 11.6. The Bertz CT molecular complexity index is 614. The molecule has 0 bridgehead atoms. The maximum absolute atomic E-state index is 13.6. The molecule has 6 heteroatoms. The molecule has 0 spiro atoms. The molecule has 3 nitrogen and oxygen atoms in total. The quantitative estimate of drug-likeness (QED) is 0.919. The third-order valence-corrected chi connectivity index (χ3v) is 2.81. The van der Waals surface area contributed by atoms with E-state index in [1.807, 2.05) is 6.07 Å². The van der Waals surface area contributed by atoms with Crippen molar-refractivity contribution in [2.75, 3.05) is 5.32 Å². The van der Waals surface area contributed by atoms with E-state index < -0.39 is 11.6 Å². The largest absolute Gasteiger partial charge is 0.350 e. The van der Waals surface area contributed by atoms with Crippen LogP contribution in [0.25, 0.3) is 0 Å². The van der Waals surface area contributed by atoms with Crippen LogP contribution in [0.1, 0.15) is 5.69 Å². The predicted molar refractivity (Wildman–Crippen MR) is 66.3 cm³/mol. The van der Waals surface area contributed by atoms with E-state index in [0.29, 0.717) is 5.69 Å². The number of anilines is 2. The van der Waals surface area contributed by atoms with Crippen molar-refractivity contribution in [3.05, 3.63) is 52.3 Å². The van der Waals surface area contributed by atoms with Gasteiger partial charge in [-0.25, -0.2) is 13.8 Å². The predicted octanol–water partition coefficient (Wildman–Crippen LogP) is 3.74. The summed E-state index contributed by atoms with van der Waals surface area (Å²) in [7, 11) is 0. The van der Waals surface area contributed by atoms with Crippen LogP contribution in [0.2, 0.25) is 0 Å². The maximum Gasteiger partial charge on any atom is 0.163 e. The normalized spacial score (nSPS) is 9.89. The second kappa shape index (κ2) is 5.10. The Balaban J connectivity index is 2.44. The first-order valence-electron chi connectivity index (χ1n) is 4.88. The fourth-order valence-electron chi connectivity index (χ4n) is 1.39. The number of nitrogens with one attached hydrogen (secondary N) is 1. The molecule has 18 heavy (non-hydrogen) atoms. The second-order valence-electron chi connectivity index (χ2n) is 3.38. The van der Waals surface area contributed by atoms with Gasteiger partial charge in [0.2, 0.25) is 0 Å². The molecule has 90 valence electrons. The molecular formula is C12H6BrF2N3. The molecule has 2 aromatic rings. The van der Waals surface area contributed by atoms with Gasteiger partial charge in [-0.2, -0.15) is 5.26 Å². The molecule has 0 radical (unpaired) electrons. The van der Waals surface area contributed by atoms with Crippen molar-refractivity contribution in [3.8, 4) is 6.07 Å². The van der Waals surface area contributed by atoms with E-state index in [9.17, 15) is 8.78 Å². The van der Waals surface area contributed by atoms with E-state index in [4.69, 9.17) is 5.26 Å². The summed E-state index contributed by atoms with van der Waals surface area (Å²) in [6.45, 7) is 0. The lowest BCUT2D eigenvalue weighted by Crippen LogP contribution is -1.99. The molecule has 1 aromatic heterocycles. The van der Waals surface area contributed by atoms with Crippen molar-refractivity contribution in [2.24, 2.45) is 0 Å². The standard InChI is InChI=1S/C12H6BrF2N3/c13-8-4-7(14)5-9(15)12(8)18-10-2-1-3-17-11(10)6-16/h1-5,18H. The summed E-state index contributed by atoms with van der Waals surface area (Å²) in [5.41, 5.74) is 0.542. The van der Waals surface area contributed by atoms with Crippen LogP contribution in [0.3, 0.4) is 0 Å². The molecule has 0 aliphatic rings. The van der Waals surface area contributed by atoms with E-state index in [0.717, 1.165) is 12.1 Å². The van der Waals surface area contributed by atoms with Gasteiger partial charge < -0.3 is 5.32 Å². The monoisotopic (exact) mass is 309 g/mol. The second-order valence-corrected chi connectivity index (χ2v) is 4.24. The van der Waals surface area contributed by atoms with Crippen LogP contribution in [0.4, 0.5) is 20.2 Å². The van der Waals surface area contributed by atoms with E-state index in [1.165, 1.54) is 6.20 Å². The molecule has 0 aliphatic heterocycles. The molecule has 2 rings (SSSR count). The lowest BCUT2D eigenvalue weighted by molar-refractivity contribution is 0.584. The van der Waals surface area contributed by atoms with Crippen LogP contribution in [0.15, 0.2) is 34.9 Å². The van der Waals surface area contributed by atoms with Crippen LogP contribution < -0.4 is 5.32 Å². The molecule has 1 aromatic carbocycles. The molecular weight excluding hydrogens is 304 g/mol. The van der Waals surface area contributed by atoms with Crippen molar-refractivity contribution >= 4 is 27.3 Å². The average molecular weight is 310 g/mol. The Morgan fingerprint density at radius 2 is 2.11 bits per heavy atom. The summed E-state index contributed by atoms with van der Waals surface area (Å²) in [4.78, 5) is 3.83. The van der Waals surface area contributed by atoms with Crippen LogP contribution in [0, 0.1) is 23.0 Å². The molecule has 1 heterocycles. The molecule has 0 atom stereocenters. The van der Waals surface area contributed by atoms with Gasteiger partial charge in [0.25, 0.3) is 0 Å². The topological polar surface area (TPSA) is 48.7 Å². The number of aromatic nitrogens is 1. The van der Waals surface area contributed by atoms with Crippen molar-refractivity contribution in [3.63, 3.8) is 0 Å². The summed E-state index contributed by atoms with van der Waals surface area (Å²) in [5.74, 6) is -1.44. The molecule has 0 fully saturated rings. The highest BCUT2D eigenvalue weighted by Gasteiger charge is 2.11. The minimum Gasteiger partial charge on any atom is -0.350 e. The highest BCUT2D eigenvalue weighted by Crippen LogP contribution is 2.30. The van der Waals surface area contributed by atoms with Crippen molar-refractivity contribution in [2.45, 2.75) is 0 Å². The Morgan fingerprint density at radius 1 is 1.33 bits per heavy atom. The van der Waals surface area contributed by atoms with Gasteiger partial charge in [0.15, 0.2) is 11.5 Å². The third-order valence-electron chi connectivity index (χ3n) is 2.18. The minimum absolute atomic E-state index is 0.0564. The summed E-state index contributed by atoms with van der Waals surface area (Å²) in [6, 6.07) is 6.97. The number of nitriles is 1. The first-order chi connectivity index (χ1) is 8.61. The smallest absolute Gasteiger partial charge is 0.163 e. The number of nitrogens with zero attached hydrogens (tertiary/aromatic N) is 2. The first kappa shape index (κ1) is 12.5. The van der Waals surface area contributed by atoms with E-state index in [2.05, 4.69) is 26.2 Å². The molecule has 0 saturated heterocycles. The lowest BCUT2D eigenvalue weighted by atomic mass is 10.2. The van der Waals surface area contributed by atoms with Crippen molar-refractivity contribution in [1.82, 2.24) is 4.98 Å². The summed E-state index contributed by atoms with van der Waals surface area (Å²) < 4.78 is 26.8. The van der Waals surface area contributed by atoms with Gasteiger partial charge in [0, 0.05) is 16.7 Å². The number of pyridine rings is 1. The maximum atomic E-state index is 13.6. The Labute approximate surface area is 110 Å². The van der Waals surface area contributed by atoms with Gasteiger partial charge >= 0.3 is 0 Å². The van der Waals surface area contributed by atoms with Gasteiger partial charge in [-0.15, -0.1) is 0 Å². The summed E-state index contributed by atoms with van der Waals surface area (Å²) in [6.07, 6.45) is 1.46. The Kier molecular flexibility index (Phi) is 3.53. The SMILES string of the molecule is N#Cc1ncccc1Nc1c(F)cc(F)cc1Br. The van der Waals surface area contributed by atoms with Gasteiger partial charge in [-0.3, -0.25) is 0 Å². The van der Waals surface area contributed by atoms with Crippen molar-refractivity contribution in [1.29, 1.82) is 5.26 Å². The van der Waals surface area contributed by atoms with Crippen LogP contribution in [-0.2, 0) is 0 Å². The van der Waals surface area contributed by atoms with Crippen LogP contribution in [0.5, 0.6) is 0 Å². The fourth-order valence-corrected chi connectivity index (χ4v) is 1.90. The Hall–Kier alpha value is -2.00. The molecule has 0 aliphatic carbocycles. The number of hydrogen-bond donors (Lipinski definition) is 1. The molecule has 0 amide bonds. The highest BCUT2D eigenvalue weighted by molar-refractivity contribution is 9.10. The van der Waals surface area contributed by atoms with Gasteiger partial charge in [-0.1, -0.05) is 0 Å². The van der Waals surface area contributed by atoms with Crippen molar-refractivity contribution < 1.29 is 8.78 Å². The first-order valence-corrected chi connectivity index (χ1v) is 5.68. The molecule has 0 saturated carbocycles. The van der Waals surface area contributed by atoms with Crippen LogP contribution >= 0.6 is 15.9 Å². The lowest BCUT2D eigenvalue weighted by Gasteiger charge is -2.10. The van der Waals surface area contributed by atoms with E-state index in [1.54, 1.807) is 12.1 Å². The summed E-state index contributed by atoms with van der Waals surface area (Å²) >= 11 is 3.06. The highest BCUT2D eigenvalue weighted by atomic mass is 79.9. The zero-order chi connectivity index (χ0) is 13.1. The number of hydrogen-bond acceptors (Lipinski definition) is 3. The number of rotatable bonds is 2. The molecule has 0 unspecified atom stereocenters. The molecule has 1 N–H and O–H groups in total. The zero-order valence-electron chi connectivity index (χ0n) is 8.92. The number of halogens is 3. The zero-order valence-corrected chi connectivity index (χ0v) is 10.5. The van der Waals surface area contributed by atoms with Gasteiger partial charge in [-0.05, 0) is 34.1 Å². The average Bonchev–Trinajstić information content (AvgIpc) is 2.34. The van der Waals surface area contributed by atoms with E-state index in [-0.39, 0.29) is 15.9 Å². The van der Waals surface area contributed by atoms with Crippen LogP contribution in [-0.4, -0.2) is 4.98 Å². The minimum atomic E-state index is -0.755.